The average Bonchev–Trinajstić information content (AvgIpc) is 2.26. The average molecular weight is 261 g/mol. The molecule has 2 aromatic rings. The van der Waals surface area contributed by atoms with Crippen LogP contribution in [0.3, 0.4) is 0 Å². The molecule has 2 aromatic heterocycles. The van der Waals surface area contributed by atoms with Gasteiger partial charge in [-0.25, -0.2) is 19.9 Å². The normalized spacial score (nSPS) is 10.3. The van der Waals surface area contributed by atoms with Gasteiger partial charge < -0.3 is 0 Å². The Morgan fingerprint density at radius 1 is 0.800 bits per heavy atom. The van der Waals surface area contributed by atoms with Crippen molar-refractivity contribution in [1.29, 1.82) is 0 Å². The molecule has 15 heavy (non-hydrogen) atoms. The lowest BCUT2D eigenvalue weighted by Gasteiger charge is -2.01. The maximum absolute atomic E-state index is 5.75. The molecule has 2 heterocycles. The summed E-state index contributed by atoms with van der Waals surface area (Å²) in [6.07, 6.45) is 3.14. The van der Waals surface area contributed by atoms with Gasteiger partial charge in [-0.2, -0.15) is 0 Å². The number of rotatable bonds is 1. The molecule has 0 saturated heterocycles. The molecule has 0 saturated carbocycles. The third kappa shape index (κ3) is 2.17. The van der Waals surface area contributed by atoms with Gasteiger partial charge in [0.2, 0.25) is 5.82 Å². The molecular weight excluding hydrogens is 258 g/mol. The fourth-order valence-electron chi connectivity index (χ4n) is 0.909. The van der Waals surface area contributed by atoms with Gasteiger partial charge in [-0.3, -0.25) is 0 Å². The van der Waals surface area contributed by atoms with Crippen molar-refractivity contribution < 1.29 is 0 Å². The van der Waals surface area contributed by atoms with Crippen LogP contribution in [-0.4, -0.2) is 19.9 Å². The molecular formula is C8H3Cl3N4. The Balaban J connectivity index is 2.56. The van der Waals surface area contributed by atoms with E-state index in [-0.39, 0.29) is 21.2 Å². The molecule has 76 valence electrons. The zero-order valence-electron chi connectivity index (χ0n) is 7.15. The van der Waals surface area contributed by atoms with Gasteiger partial charge in [0.1, 0.15) is 5.02 Å². The predicted molar refractivity (Wildman–Crippen MR) is 58.1 cm³/mol. The van der Waals surface area contributed by atoms with E-state index in [1.165, 1.54) is 0 Å². The highest BCUT2D eigenvalue weighted by Gasteiger charge is 2.11. The molecule has 7 heteroatoms. The summed E-state index contributed by atoms with van der Waals surface area (Å²) in [6, 6.07) is 1.68. The third-order valence-corrected chi connectivity index (χ3v) is 2.63. The van der Waals surface area contributed by atoms with E-state index >= 15 is 0 Å². The van der Waals surface area contributed by atoms with E-state index in [2.05, 4.69) is 19.9 Å². The molecule has 0 fully saturated rings. The van der Waals surface area contributed by atoms with Gasteiger partial charge in [0.05, 0.1) is 0 Å². The van der Waals surface area contributed by atoms with Crippen molar-refractivity contribution in [3.63, 3.8) is 0 Å². The summed E-state index contributed by atoms with van der Waals surface area (Å²) in [5.41, 5.74) is 0. The van der Waals surface area contributed by atoms with Gasteiger partial charge in [0.25, 0.3) is 0 Å². The maximum Gasteiger partial charge on any atom is 0.200 e. The Morgan fingerprint density at radius 2 is 1.33 bits per heavy atom. The topological polar surface area (TPSA) is 51.6 Å². The minimum absolute atomic E-state index is 0.0825. The Kier molecular flexibility index (Phi) is 3.00. The van der Waals surface area contributed by atoms with Gasteiger partial charge >= 0.3 is 0 Å². The number of hydrogen-bond donors (Lipinski definition) is 0. The number of hydrogen-bond acceptors (Lipinski definition) is 4. The summed E-state index contributed by atoms with van der Waals surface area (Å²) in [6.45, 7) is 0. The quantitative estimate of drug-likeness (QED) is 0.741. The number of aromatic nitrogens is 4. The Bertz CT molecular complexity index is 465. The van der Waals surface area contributed by atoms with E-state index in [0.29, 0.717) is 5.82 Å². The van der Waals surface area contributed by atoms with Crippen LogP contribution in [0.15, 0.2) is 18.5 Å². The van der Waals surface area contributed by atoms with Crippen LogP contribution in [0.1, 0.15) is 0 Å². The number of nitrogens with zero attached hydrogens (tertiary/aromatic N) is 4. The molecule has 0 aromatic carbocycles. The van der Waals surface area contributed by atoms with Crippen molar-refractivity contribution >= 4 is 34.8 Å². The first-order valence-electron chi connectivity index (χ1n) is 3.84. The zero-order chi connectivity index (χ0) is 10.8. The fourth-order valence-corrected chi connectivity index (χ4v) is 1.38. The van der Waals surface area contributed by atoms with Crippen molar-refractivity contribution in [2.24, 2.45) is 0 Å². The predicted octanol–water partition coefficient (Wildman–Crippen LogP) is 2.89. The molecule has 0 unspecified atom stereocenters. The maximum atomic E-state index is 5.75. The highest BCUT2D eigenvalue weighted by Crippen LogP contribution is 2.28. The molecule has 0 radical (unpaired) electrons. The summed E-state index contributed by atoms with van der Waals surface area (Å²) in [5.74, 6) is 0.591. The Hall–Kier alpha value is -0.970. The summed E-state index contributed by atoms with van der Waals surface area (Å²) in [7, 11) is 0. The molecule has 0 spiro atoms. The first-order valence-corrected chi connectivity index (χ1v) is 4.98. The van der Waals surface area contributed by atoms with Gasteiger partial charge in [-0.15, -0.1) is 0 Å². The van der Waals surface area contributed by atoms with Gasteiger partial charge in [-0.1, -0.05) is 34.8 Å². The minimum atomic E-state index is 0.0825. The monoisotopic (exact) mass is 260 g/mol. The second-order valence-corrected chi connectivity index (χ2v) is 3.61. The molecule has 0 aliphatic carbocycles. The number of halogens is 3. The minimum Gasteiger partial charge on any atom is -0.234 e. The summed E-state index contributed by atoms with van der Waals surface area (Å²) in [4.78, 5) is 15.8. The van der Waals surface area contributed by atoms with Crippen LogP contribution in [0, 0.1) is 0 Å². The molecule has 0 atom stereocenters. The standard InChI is InChI=1S/C8H3Cl3N4/c9-4-5(10)14-8(15-6(4)11)7-12-2-1-3-13-7/h1-3H. The largest absolute Gasteiger partial charge is 0.234 e. The van der Waals surface area contributed by atoms with Crippen molar-refractivity contribution in [1.82, 2.24) is 19.9 Å². The van der Waals surface area contributed by atoms with Crippen molar-refractivity contribution in [3.05, 3.63) is 33.8 Å². The van der Waals surface area contributed by atoms with E-state index < -0.39 is 0 Å². The van der Waals surface area contributed by atoms with E-state index in [1.807, 2.05) is 0 Å². The first kappa shape index (κ1) is 10.5. The van der Waals surface area contributed by atoms with Crippen LogP contribution in [0.4, 0.5) is 0 Å². The highest BCUT2D eigenvalue weighted by molar-refractivity contribution is 6.46. The smallest absolute Gasteiger partial charge is 0.200 e. The lowest BCUT2D eigenvalue weighted by atomic mass is 10.5. The molecule has 2 rings (SSSR count). The molecule has 0 aliphatic heterocycles. The van der Waals surface area contributed by atoms with E-state index in [0.717, 1.165) is 0 Å². The van der Waals surface area contributed by atoms with Crippen LogP contribution >= 0.6 is 34.8 Å². The Morgan fingerprint density at radius 3 is 1.87 bits per heavy atom. The third-order valence-electron chi connectivity index (χ3n) is 1.54. The first-order chi connectivity index (χ1) is 7.18. The lowest BCUT2D eigenvalue weighted by molar-refractivity contribution is 1.08. The van der Waals surface area contributed by atoms with Crippen molar-refractivity contribution in [2.45, 2.75) is 0 Å². The summed E-state index contributed by atoms with van der Waals surface area (Å²) in [5, 5.41) is 0.288. The van der Waals surface area contributed by atoms with Gasteiger partial charge in [-0.05, 0) is 6.07 Å². The zero-order valence-corrected chi connectivity index (χ0v) is 9.42. The van der Waals surface area contributed by atoms with Crippen LogP contribution in [0.5, 0.6) is 0 Å². The molecule has 0 amide bonds. The van der Waals surface area contributed by atoms with E-state index in [4.69, 9.17) is 34.8 Å². The van der Waals surface area contributed by atoms with Crippen LogP contribution < -0.4 is 0 Å². The molecule has 0 N–H and O–H groups in total. The van der Waals surface area contributed by atoms with Crippen molar-refractivity contribution in [3.8, 4) is 11.6 Å². The SMILES string of the molecule is Clc1nc(-c2ncccn2)nc(Cl)c1Cl. The summed E-state index contributed by atoms with van der Waals surface area (Å²) >= 11 is 17.2. The van der Waals surface area contributed by atoms with Crippen LogP contribution in [0.25, 0.3) is 11.6 Å². The summed E-state index contributed by atoms with van der Waals surface area (Å²) < 4.78 is 0. The van der Waals surface area contributed by atoms with E-state index in [1.54, 1.807) is 18.5 Å². The second kappa shape index (κ2) is 4.26. The second-order valence-electron chi connectivity index (χ2n) is 2.52. The fraction of sp³-hybridized carbons (Fsp3) is 0. The Labute approximate surface area is 100 Å². The van der Waals surface area contributed by atoms with Crippen LogP contribution in [-0.2, 0) is 0 Å². The van der Waals surface area contributed by atoms with Crippen molar-refractivity contribution in [2.75, 3.05) is 0 Å². The van der Waals surface area contributed by atoms with Crippen LogP contribution in [0.2, 0.25) is 15.3 Å². The molecule has 4 nitrogen and oxygen atoms in total. The van der Waals surface area contributed by atoms with E-state index in [9.17, 15) is 0 Å². The molecule has 0 bridgehead atoms. The van der Waals surface area contributed by atoms with Gasteiger partial charge in [0, 0.05) is 12.4 Å². The van der Waals surface area contributed by atoms with Gasteiger partial charge in [0.15, 0.2) is 16.1 Å². The lowest BCUT2D eigenvalue weighted by Crippen LogP contribution is -1.95. The molecule has 0 aliphatic rings. The highest BCUT2D eigenvalue weighted by atomic mass is 35.5.